The molecule has 1 aliphatic carbocycles. The predicted octanol–water partition coefficient (Wildman–Crippen LogP) is 6.30. The first kappa shape index (κ1) is 21.0. The minimum Gasteiger partial charge on any atom is -0.507 e. The Bertz CT molecular complexity index is 887. The number of nitrogens with one attached hydrogen (secondary N) is 1. The lowest BCUT2D eigenvalue weighted by Gasteiger charge is -2.24. The third-order valence-electron chi connectivity index (χ3n) is 5.65. The second-order valence-electron chi connectivity index (χ2n) is 7.98. The number of hydrogen-bond acceptors (Lipinski definition) is 3. The van der Waals surface area contributed by atoms with Crippen LogP contribution in [0.4, 0.5) is 5.69 Å². The molecule has 0 saturated heterocycles. The molecule has 4 heteroatoms. The van der Waals surface area contributed by atoms with E-state index >= 15 is 0 Å². The summed E-state index contributed by atoms with van der Waals surface area (Å²) in [5.41, 5.74) is 3.39. The van der Waals surface area contributed by atoms with Gasteiger partial charge >= 0.3 is 0 Å². The van der Waals surface area contributed by atoms with Gasteiger partial charge in [-0.15, -0.1) is 0 Å². The number of phenolic OH excluding ortho intramolecular Hbond substituents is 2. The number of phenols is 2. The van der Waals surface area contributed by atoms with E-state index in [0.29, 0.717) is 23.2 Å². The molecule has 4 nitrogen and oxygen atoms in total. The molecule has 1 atom stereocenters. The number of para-hydroxylation sites is 1. The Morgan fingerprint density at radius 1 is 1.17 bits per heavy atom. The first-order valence-corrected chi connectivity index (χ1v) is 10.6. The number of aryl methyl sites for hydroxylation is 1. The minimum atomic E-state index is -0.335. The van der Waals surface area contributed by atoms with Gasteiger partial charge in [-0.1, -0.05) is 49.6 Å². The lowest BCUT2D eigenvalue weighted by molar-refractivity contribution is 0.102. The van der Waals surface area contributed by atoms with Gasteiger partial charge < -0.3 is 15.5 Å². The average Bonchev–Trinajstić information content (AvgIpc) is 2.69. The molecule has 3 rings (SSSR count). The molecule has 3 N–H and O–H groups in total. The summed E-state index contributed by atoms with van der Waals surface area (Å²) in [6.07, 6.45) is 8.65. The number of carbonyl (C=O) groups is 1. The Kier molecular flexibility index (Phi) is 6.97. The minimum absolute atomic E-state index is 0.0725. The first-order chi connectivity index (χ1) is 14.0. The molecule has 0 saturated carbocycles. The lowest BCUT2D eigenvalue weighted by atomic mass is 9.83. The van der Waals surface area contributed by atoms with Crippen molar-refractivity contribution in [2.75, 3.05) is 5.32 Å². The highest BCUT2D eigenvalue weighted by Crippen LogP contribution is 2.44. The second kappa shape index (κ2) is 9.64. The van der Waals surface area contributed by atoms with Crippen molar-refractivity contribution in [3.63, 3.8) is 0 Å². The van der Waals surface area contributed by atoms with Crippen LogP contribution in [0.1, 0.15) is 79.8 Å². The zero-order chi connectivity index (χ0) is 20.8. The topological polar surface area (TPSA) is 69.6 Å². The van der Waals surface area contributed by atoms with E-state index in [1.165, 1.54) is 5.57 Å². The van der Waals surface area contributed by atoms with E-state index < -0.39 is 0 Å². The van der Waals surface area contributed by atoms with Crippen LogP contribution in [0.5, 0.6) is 11.5 Å². The Labute approximate surface area is 173 Å². The highest BCUT2D eigenvalue weighted by Gasteiger charge is 2.27. The van der Waals surface area contributed by atoms with Gasteiger partial charge in [0.2, 0.25) is 0 Å². The first-order valence-electron chi connectivity index (χ1n) is 10.6. The Balaban J connectivity index is 2.03. The quantitative estimate of drug-likeness (QED) is 0.382. The number of rotatable bonds is 7. The van der Waals surface area contributed by atoms with Crippen LogP contribution in [-0.2, 0) is 6.42 Å². The maximum Gasteiger partial charge on any atom is 0.259 e. The van der Waals surface area contributed by atoms with E-state index in [4.69, 9.17) is 0 Å². The van der Waals surface area contributed by atoms with Crippen molar-refractivity contribution in [1.29, 1.82) is 0 Å². The smallest absolute Gasteiger partial charge is 0.259 e. The van der Waals surface area contributed by atoms with E-state index in [2.05, 4.69) is 25.2 Å². The normalized spacial score (nSPS) is 16.3. The lowest BCUT2D eigenvalue weighted by Crippen LogP contribution is -2.16. The van der Waals surface area contributed by atoms with Crippen molar-refractivity contribution in [2.45, 2.75) is 64.7 Å². The summed E-state index contributed by atoms with van der Waals surface area (Å²) in [6, 6.07) is 10.9. The summed E-state index contributed by atoms with van der Waals surface area (Å²) in [5, 5.41) is 24.8. The fourth-order valence-electron chi connectivity index (χ4n) is 4.16. The summed E-state index contributed by atoms with van der Waals surface area (Å²) >= 11 is 0. The molecular weight excluding hydrogens is 362 g/mol. The van der Waals surface area contributed by atoms with Gasteiger partial charge in [0.15, 0.2) is 0 Å². The van der Waals surface area contributed by atoms with Crippen LogP contribution in [0.25, 0.3) is 0 Å². The summed E-state index contributed by atoms with van der Waals surface area (Å²) in [6.45, 7) is 4.20. The van der Waals surface area contributed by atoms with Crippen LogP contribution >= 0.6 is 0 Å². The van der Waals surface area contributed by atoms with Crippen LogP contribution in [0.15, 0.2) is 48.0 Å². The molecule has 0 aliphatic heterocycles. The number of unbranched alkanes of at least 4 members (excludes halogenated alkanes) is 2. The second-order valence-corrected chi connectivity index (χ2v) is 7.98. The van der Waals surface area contributed by atoms with Crippen LogP contribution in [0.3, 0.4) is 0 Å². The van der Waals surface area contributed by atoms with Crippen LogP contribution in [0, 0.1) is 0 Å². The van der Waals surface area contributed by atoms with E-state index in [-0.39, 0.29) is 28.9 Å². The molecule has 29 heavy (non-hydrogen) atoms. The van der Waals surface area contributed by atoms with E-state index in [9.17, 15) is 15.0 Å². The molecule has 154 valence electrons. The van der Waals surface area contributed by atoms with E-state index in [1.807, 2.05) is 30.3 Å². The van der Waals surface area contributed by atoms with Crippen molar-refractivity contribution in [2.24, 2.45) is 0 Å². The predicted molar refractivity (Wildman–Crippen MR) is 118 cm³/mol. The Morgan fingerprint density at radius 3 is 2.62 bits per heavy atom. The summed E-state index contributed by atoms with van der Waals surface area (Å²) < 4.78 is 0. The monoisotopic (exact) mass is 393 g/mol. The summed E-state index contributed by atoms with van der Waals surface area (Å²) in [7, 11) is 0. The van der Waals surface area contributed by atoms with Crippen molar-refractivity contribution in [1.82, 2.24) is 0 Å². The van der Waals surface area contributed by atoms with Crippen LogP contribution in [-0.4, -0.2) is 16.1 Å². The number of anilines is 1. The van der Waals surface area contributed by atoms with E-state index in [0.717, 1.165) is 38.5 Å². The maximum atomic E-state index is 13.1. The van der Waals surface area contributed by atoms with Gasteiger partial charge in [0, 0.05) is 17.2 Å². The molecule has 0 fully saturated rings. The molecule has 0 heterocycles. The molecular formula is C25H31NO3. The number of allylic oxidation sites excluding steroid dienone is 2. The SMILES string of the molecule is CCCCCc1cc(O)c(C2C=C(C)CCC2)c(O)c1C(=O)Nc1ccccc1. The van der Waals surface area contributed by atoms with Crippen molar-refractivity contribution >= 4 is 11.6 Å². The molecule has 0 aromatic heterocycles. The molecule has 0 spiro atoms. The van der Waals surface area contributed by atoms with Crippen molar-refractivity contribution < 1.29 is 15.0 Å². The number of benzene rings is 2. The Hall–Kier alpha value is -2.75. The molecule has 1 unspecified atom stereocenters. The van der Waals surface area contributed by atoms with Gasteiger partial charge in [0.05, 0.1) is 5.56 Å². The van der Waals surface area contributed by atoms with Crippen LogP contribution < -0.4 is 5.32 Å². The maximum absolute atomic E-state index is 13.1. The van der Waals surface area contributed by atoms with Crippen molar-refractivity contribution in [3.05, 3.63) is 64.7 Å². The zero-order valence-electron chi connectivity index (χ0n) is 17.4. The highest BCUT2D eigenvalue weighted by atomic mass is 16.3. The standard InChI is InChI=1S/C25H31NO3/c1-3-4-6-11-19-16-21(27)22(18-12-9-10-17(2)15-18)24(28)23(19)25(29)26-20-13-7-5-8-14-20/h5,7-8,13-16,18,27-28H,3-4,6,9-12H2,1-2H3,(H,26,29). The van der Waals surface area contributed by atoms with Crippen molar-refractivity contribution in [3.8, 4) is 11.5 Å². The summed E-state index contributed by atoms with van der Waals surface area (Å²) in [4.78, 5) is 13.1. The highest BCUT2D eigenvalue weighted by molar-refractivity contribution is 6.07. The molecule has 1 amide bonds. The molecule has 2 aromatic rings. The van der Waals surface area contributed by atoms with Gasteiger partial charge in [-0.25, -0.2) is 0 Å². The zero-order valence-corrected chi connectivity index (χ0v) is 17.4. The summed E-state index contributed by atoms with van der Waals surface area (Å²) in [5.74, 6) is -0.406. The Morgan fingerprint density at radius 2 is 1.93 bits per heavy atom. The number of amides is 1. The molecule has 2 aromatic carbocycles. The van der Waals surface area contributed by atoms with Gasteiger partial charge in [-0.05, 0) is 62.8 Å². The van der Waals surface area contributed by atoms with Gasteiger partial charge in [0.25, 0.3) is 5.91 Å². The third-order valence-corrected chi connectivity index (χ3v) is 5.65. The fourth-order valence-corrected chi connectivity index (χ4v) is 4.16. The van der Waals surface area contributed by atoms with Crippen LogP contribution in [0.2, 0.25) is 0 Å². The van der Waals surface area contributed by atoms with Gasteiger partial charge in [-0.2, -0.15) is 0 Å². The number of aromatic hydroxyl groups is 2. The number of carbonyl (C=O) groups excluding carboxylic acids is 1. The van der Waals surface area contributed by atoms with Gasteiger partial charge in [0.1, 0.15) is 11.5 Å². The average molecular weight is 394 g/mol. The fraction of sp³-hybridized carbons (Fsp3) is 0.400. The number of hydrogen-bond donors (Lipinski definition) is 3. The third kappa shape index (κ3) is 5.00. The van der Waals surface area contributed by atoms with Gasteiger partial charge in [-0.3, -0.25) is 4.79 Å². The molecule has 0 radical (unpaired) electrons. The molecule has 0 bridgehead atoms. The largest absolute Gasteiger partial charge is 0.507 e. The molecule has 1 aliphatic rings. The van der Waals surface area contributed by atoms with E-state index in [1.54, 1.807) is 6.07 Å².